The molecule has 2 aliphatic heterocycles. The summed E-state index contributed by atoms with van der Waals surface area (Å²) in [4.78, 5) is 18.2. The highest BCUT2D eigenvalue weighted by atomic mass is 127. The van der Waals surface area contributed by atoms with Gasteiger partial charge in [0.15, 0.2) is 12.6 Å². The Morgan fingerprint density at radius 3 is 3.00 bits per heavy atom. The van der Waals surface area contributed by atoms with Gasteiger partial charge in [-0.3, -0.25) is 9.79 Å². The van der Waals surface area contributed by atoms with E-state index >= 15 is 0 Å². The van der Waals surface area contributed by atoms with Crippen molar-refractivity contribution in [1.29, 1.82) is 0 Å². The molecular weight excluding hydrogens is 487 g/mol. The van der Waals surface area contributed by atoms with E-state index in [1.807, 2.05) is 24.3 Å². The third kappa shape index (κ3) is 7.00. The maximum Gasteiger partial charge on any atom is 0.265 e. The molecule has 0 aromatic heterocycles. The van der Waals surface area contributed by atoms with Gasteiger partial charge in [0.2, 0.25) is 0 Å². The highest BCUT2D eigenvalue weighted by Crippen LogP contribution is 2.31. The second-order valence-corrected chi connectivity index (χ2v) is 7.02. The zero-order valence-corrected chi connectivity index (χ0v) is 19.4. The van der Waals surface area contributed by atoms with E-state index in [0.29, 0.717) is 26.3 Å². The van der Waals surface area contributed by atoms with E-state index < -0.39 is 0 Å². The van der Waals surface area contributed by atoms with Gasteiger partial charge in [-0.1, -0.05) is 12.1 Å². The Labute approximate surface area is 189 Å². The first-order valence-corrected chi connectivity index (χ1v) is 9.86. The topological polar surface area (TPSA) is 84.4 Å². The highest BCUT2D eigenvalue weighted by Gasteiger charge is 2.24. The molecule has 8 nitrogen and oxygen atoms in total. The summed E-state index contributed by atoms with van der Waals surface area (Å²) in [7, 11) is 1.75. The van der Waals surface area contributed by atoms with E-state index in [1.54, 1.807) is 11.9 Å². The molecule has 0 spiro atoms. The fourth-order valence-corrected chi connectivity index (χ4v) is 3.24. The highest BCUT2D eigenvalue weighted by molar-refractivity contribution is 14.0. The summed E-state index contributed by atoms with van der Waals surface area (Å²) >= 11 is 0. The van der Waals surface area contributed by atoms with Crippen molar-refractivity contribution in [1.82, 2.24) is 10.6 Å². The quantitative estimate of drug-likeness (QED) is 0.236. The van der Waals surface area contributed by atoms with Crippen LogP contribution in [-0.2, 0) is 14.3 Å². The lowest BCUT2D eigenvalue weighted by Gasteiger charge is -2.29. The van der Waals surface area contributed by atoms with Crippen LogP contribution in [0.15, 0.2) is 29.3 Å². The number of amides is 1. The summed E-state index contributed by atoms with van der Waals surface area (Å²) in [5.41, 5.74) is 0.836. The van der Waals surface area contributed by atoms with Crippen LogP contribution in [0.4, 0.5) is 5.69 Å². The molecule has 2 atom stereocenters. The lowest BCUT2D eigenvalue weighted by atomic mass is 10.2. The van der Waals surface area contributed by atoms with Gasteiger partial charge in [-0.15, -0.1) is 24.0 Å². The number of nitrogens with one attached hydrogen (secondary N) is 2. The van der Waals surface area contributed by atoms with Gasteiger partial charge in [-0.2, -0.15) is 0 Å². The number of anilines is 1. The number of halogens is 1. The molecule has 0 saturated carbocycles. The van der Waals surface area contributed by atoms with Crippen molar-refractivity contribution in [3.8, 4) is 5.75 Å². The number of para-hydroxylation sites is 2. The van der Waals surface area contributed by atoms with Crippen molar-refractivity contribution in [3.05, 3.63) is 24.3 Å². The molecule has 1 aromatic rings. The molecule has 29 heavy (non-hydrogen) atoms. The van der Waals surface area contributed by atoms with Crippen LogP contribution in [0, 0.1) is 0 Å². The van der Waals surface area contributed by atoms with Gasteiger partial charge in [0.1, 0.15) is 5.75 Å². The van der Waals surface area contributed by atoms with Gasteiger partial charge < -0.3 is 29.7 Å². The molecule has 2 heterocycles. The Kier molecular flexibility index (Phi) is 9.95. The summed E-state index contributed by atoms with van der Waals surface area (Å²) < 4.78 is 16.6. The second-order valence-electron chi connectivity index (χ2n) is 7.02. The van der Waals surface area contributed by atoms with Crippen LogP contribution < -0.4 is 20.3 Å². The number of hydrogen-bond acceptors (Lipinski definition) is 5. The average molecular weight is 518 g/mol. The molecule has 0 aliphatic carbocycles. The van der Waals surface area contributed by atoms with Gasteiger partial charge in [0, 0.05) is 32.8 Å². The summed E-state index contributed by atoms with van der Waals surface area (Å²) in [6.07, 6.45) is 1.96. The summed E-state index contributed by atoms with van der Waals surface area (Å²) in [5.74, 6) is 1.48. The van der Waals surface area contributed by atoms with Crippen molar-refractivity contribution >= 4 is 41.5 Å². The predicted molar refractivity (Wildman–Crippen MR) is 123 cm³/mol. The molecule has 0 radical (unpaired) electrons. The second kappa shape index (κ2) is 12.2. The molecule has 1 saturated heterocycles. The zero-order valence-electron chi connectivity index (χ0n) is 17.1. The molecule has 9 heteroatoms. The van der Waals surface area contributed by atoms with Crippen molar-refractivity contribution in [2.24, 2.45) is 4.99 Å². The van der Waals surface area contributed by atoms with Crippen LogP contribution in [0.3, 0.4) is 0 Å². The van der Waals surface area contributed by atoms with Crippen molar-refractivity contribution in [2.45, 2.75) is 31.9 Å². The molecule has 3 rings (SSSR count). The fraction of sp³-hybridized carbons (Fsp3) is 0.600. The first-order chi connectivity index (χ1) is 13.7. The molecule has 0 bridgehead atoms. The van der Waals surface area contributed by atoms with Crippen LogP contribution in [0.2, 0.25) is 0 Å². The first-order valence-electron chi connectivity index (χ1n) is 9.86. The number of aliphatic imine (C=N–C) groups is 1. The molecular formula is C20H31IN4O4. The molecule has 2 N–H and O–H groups in total. The molecule has 2 aliphatic rings. The first kappa shape index (κ1) is 23.7. The molecule has 2 unspecified atom stereocenters. The Bertz CT molecular complexity index is 682. The maximum atomic E-state index is 12.2. The van der Waals surface area contributed by atoms with Crippen LogP contribution >= 0.6 is 24.0 Å². The van der Waals surface area contributed by atoms with Crippen molar-refractivity contribution < 1.29 is 19.0 Å². The van der Waals surface area contributed by atoms with Crippen LogP contribution in [-0.4, -0.2) is 70.6 Å². The smallest absolute Gasteiger partial charge is 0.265 e. The van der Waals surface area contributed by atoms with E-state index in [-0.39, 0.29) is 48.6 Å². The normalized spacial score (nSPS) is 19.8. The van der Waals surface area contributed by atoms with Gasteiger partial charge in [0.05, 0.1) is 25.0 Å². The van der Waals surface area contributed by atoms with E-state index in [2.05, 4.69) is 22.5 Å². The summed E-state index contributed by atoms with van der Waals surface area (Å²) in [5, 5.41) is 6.62. The van der Waals surface area contributed by atoms with Gasteiger partial charge in [-0.25, -0.2) is 0 Å². The van der Waals surface area contributed by atoms with E-state index in [1.165, 1.54) is 0 Å². The zero-order chi connectivity index (χ0) is 19.8. The number of hydrogen-bond donors (Lipinski definition) is 2. The standard InChI is InChI=1S/C20H30N4O4.HI/c1-15(12-27-16-8-11-26-13-16)23-20(21-2)22-9-5-10-24-17-6-3-4-7-18(17)28-14-19(24)25;/h3-4,6-7,15-16H,5,8-14H2,1-2H3,(H2,21,22,23);1H. The van der Waals surface area contributed by atoms with E-state index in [0.717, 1.165) is 36.8 Å². The lowest BCUT2D eigenvalue weighted by molar-refractivity contribution is -0.121. The Hall–Kier alpha value is -1.59. The minimum Gasteiger partial charge on any atom is -0.482 e. The van der Waals surface area contributed by atoms with Crippen LogP contribution in [0.1, 0.15) is 19.8 Å². The molecule has 162 valence electrons. The van der Waals surface area contributed by atoms with Crippen LogP contribution in [0.25, 0.3) is 0 Å². The largest absolute Gasteiger partial charge is 0.482 e. The third-order valence-electron chi connectivity index (χ3n) is 4.74. The number of fused-ring (bicyclic) bond motifs is 1. The number of benzene rings is 1. The lowest BCUT2D eigenvalue weighted by Crippen LogP contribution is -2.45. The fourth-order valence-electron chi connectivity index (χ4n) is 3.24. The van der Waals surface area contributed by atoms with Gasteiger partial charge >= 0.3 is 0 Å². The Morgan fingerprint density at radius 2 is 2.24 bits per heavy atom. The van der Waals surface area contributed by atoms with Crippen LogP contribution in [0.5, 0.6) is 5.75 Å². The van der Waals surface area contributed by atoms with Gasteiger partial charge in [0.25, 0.3) is 5.91 Å². The SMILES string of the molecule is CN=C(NCCCN1C(=O)COc2ccccc21)NC(C)COC1CCOC1.I. The van der Waals surface area contributed by atoms with E-state index in [4.69, 9.17) is 14.2 Å². The summed E-state index contributed by atoms with van der Waals surface area (Å²) in [6.45, 7) is 5.56. The predicted octanol–water partition coefficient (Wildman–Crippen LogP) is 1.78. The van der Waals surface area contributed by atoms with Crippen molar-refractivity contribution in [2.75, 3.05) is 51.5 Å². The Balaban J connectivity index is 0.00000300. The minimum atomic E-state index is -0.0112. The van der Waals surface area contributed by atoms with E-state index in [9.17, 15) is 4.79 Å². The number of nitrogens with zero attached hydrogens (tertiary/aromatic N) is 2. The molecule has 1 fully saturated rings. The average Bonchev–Trinajstić information content (AvgIpc) is 3.23. The monoisotopic (exact) mass is 518 g/mol. The minimum absolute atomic E-state index is 0. The number of guanidine groups is 1. The van der Waals surface area contributed by atoms with Gasteiger partial charge in [-0.05, 0) is 31.9 Å². The van der Waals surface area contributed by atoms with Crippen molar-refractivity contribution in [3.63, 3.8) is 0 Å². The molecule has 1 aromatic carbocycles. The Morgan fingerprint density at radius 1 is 1.41 bits per heavy atom. The third-order valence-corrected chi connectivity index (χ3v) is 4.74. The summed E-state index contributed by atoms with van der Waals surface area (Å²) in [6, 6.07) is 7.77. The number of ether oxygens (including phenoxy) is 3. The molecule has 1 amide bonds. The number of carbonyl (C=O) groups is 1. The number of carbonyl (C=O) groups excluding carboxylic acids is 1. The number of rotatable bonds is 8. The maximum absolute atomic E-state index is 12.2.